The van der Waals surface area contributed by atoms with Crippen molar-refractivity contribution in [2.24, 2.45) is 5.16 Å². The third kappa shape index (κ3) is 3.20. The first-order valence-electron chi connectivity index (χ1n) is 4.99. The van der Waals surface area contributed by atoms with Crippen molar-refractivity contribution in [1.82, 2.24) is 4.98 Å². The first-order valence-corrected chi connectivity index (χ1v) is 4.99. The summed E-state index contributed by atoms with van der Waals surface area (Å²) in [6.45, 7) is 5.85. The van der Waals surface area contributed by atoms with E-state index in [0.29, 0.717) is 5.71 Å². The summed E-state index contributed by atoms with van der Waals surface area (Å²) in [5.74, 6) is 0. The average Bonchev–Trinajstić information content (AvgIpc) is 2.19. The molecule has 0 saturated heterocycles. The lowest BCUT2D eigenvalue weighted by Gasteiger charge is -2.02. The van der Waals surface area contributed by atoms with Crippen molar-refractivity contribution < 1.29 is 5.21 Å². The monoisotopic (exact) mass is 204 g/mol. The Kier molecular flexibility index (Phi) is 4.03. The molecule has 3 nitrogen and oxygen atoms in total. The van der Waals surface area contributed by atoms with E-state index in [2.05, 4.69) is 10.1 Å². The number of aryl methyl sites for hydroxylation is 1. The maximum absolute atomic E-state index is 8.76. The zero-order valence-electron chi connectivity index (χ0n) is 9.36. The summed E-state index contributed by atoms with van der Waals surface area (Å²) in [4.78, 5) is 4.12. The van der Waals surface area contributed by atoms with Gasteiger partial charge in [-0.15, -0.1) is 0 Å². The minimum Gasteiger partial charge on any atom is -0.411 e. The maximum Gasteiger partial charge on any atom is 0.0822 e. The number of hydrogen-bond acceptors (Lipinski definition) is 3. The van der Waals surface area contributed by atoms with Crippen LogP contribution in [0.5, 0.6) is 0 Å². The summed E-state index contributed by atoms with van der Waals surface area (Å²) in [7, 11) is 0. The SMILES string of the molecule is CCC(=NO)C(C)=Cc1ccnc(C)c1. The highest BCUT2D eigenvalue weighted by Crippen LogP contribution is 2.09. The van der Waals surface area contributed by atoms with Crippen LogP contribution < -0.4 is 0 Å². The van der Waals surface area contributed by atoms with Crippen LogP contribution in [-0.4, -0.2) is 15.9 Å². The van der Waals surface area contributed by atoms with E-state index in [0.717, 1.165) is 23.3 Å². The van der Waals surface area contributed by atoms with Gasteiger partial charge in [-0.1, -0.05) is 12.1 Å². The zero-order chi connectivity index (χ0) is 11.3. The Labute approximate surface area is 90.2 Å². The van der Waals surface area contributed by atoms with Crippen molar-refractivity contribution in [3.8, 4) is 0 Å². The van der Waals surface area contributed by atoms with E-state index in [4.69, 9.17) is 5.21 Å². The first kappa shape index (κ1) is 11.4. The van der Waals surface area contributed by atoms with E-state index in [-0.39, 0.29) is 0 Å². The molecule has 15 heavy (non-hydrogen) atoms. The normalized spacial score (nSPS) is 13.0. The van der Waals surface area contributed by atoms with Gasteiger partial charge in [0.05, 0.1) is 5.71 Å². The smallest absolute Gasteiger partial charge is 0.0822 e. The second-order valence-electron chi connectivity index (χ2n) is 3.46. The van der Waals surface area contributed by atoms with E-state index < -0.39 is 0 Å². The van der Waals surface area contributed by atoms with E-state index in [1.54, 1.807) is 6.20 Å². The molecule has 0 atom stereocenters. The Morgan fingerprint density at radius 2 is 2.33 bits per heavy atom. The van der Waals surface area contributed by atoms with E-state index in [9.17, 15) is 0 Å². The van der Waals surface area contributed by atoms with Crippen LogP contribution in [0.3, 0.4) is 0 Å². The van der Waals surface area contributed by atoms with Gasteiger partial charge in [-0.25, -0.2) is 0 Å². The van der Waals surface area contributed by atoms with Crippen molar-refractivity contribution in [2.45, 2.75) is 27.2 Å². The number of hydrogen-bond donors (Lipinski definition) is 1. The van der Waals surface area contributed by atoms with Crippen molar-refractivity contribution in [3.05, 3.63) is 35.2 Å². The van der Waals surface area contributed by atoms with Gasteiger partial charge in [0, 0.05) is 11.9 Å². The third-order valence-corrected chi connectivity index (χ3v) is 2.21. The average molecular weight is 204 g/mol. The van der Waals surface area contributed by atoms with E-state index in [1.807, 2.05) is 39.0 Å². The Balaban J connectivity index is 2.97. The largest absolute Gasteiger partial charge is 0.411 e. The number of allylic oxidation sites excluding steroid dienone is 1. The van der Waals surface area contributed by atoms with Crippen LogP contribution in [0.1, 0.15) is 31.5 Å². The van der Waals surface area contributed by atoms with Crippen molar-refractivity contribution in [1.29, 1.82) is 0 Å². The molecule has 80 valence electrons. The van der Waals surface area contributed by atoms with E-state index >= 15 is 0 Å². The van der Waals surface area contributed by atoms with Gasteiger partial charge in [0.25, 0.3) is 0 Å². The highest BCUT2D eigenvalue weighted by Gasteiger charge is 2.00. The van der Waals surface area contributed by atoms with Crippen LogP contribution in [0.25, 0.3) is 6.08 Å². The molecule has 0 aromatic carbocycles. The van der Waals surface area contributed by atoms with Crippen LogP contribution >= 0.6 is 0 Å². The molecule has 1 aromatic rings. The van der Waals surface area contributed by atoms with Gasteiger partial charge in [-0.2, -0.15) is 0 Å². The molecule has 0 unspecified atom stereocenters. The third-order valence-electron chi connectivity index (χ3n) is 2.21. The fraction of sp³-hybridized carbons (Fsp3) is 0.333. The number of rotatable bonds is 3. The minimum absolute atomic E-state index is 0.712. The Hall–Kier alpha value is -1.64. The maximum atomic E-state index is 8.76. The molecule has 0 amide bonds. The van der Waals surface area contributed by atoms with Crippen LogP contribution in [0.4, 0.5) is 0 Å². The lowest BCUT2D eigenvalue weighted by Crippen LogP contribution is -1.97. The van der Waals surface area contributed by atoms with E-state index in [1.165, 1.54) is 0 Å². The van der Waals surface area contributed by atoms with Gasteiger partial charge < -0.3 is 5.21 Å². The Morgan fingerprint density at radius 3 is 2.87 bits per heavy atom. The summed E-state index contributed by atoms with van der Waals surface area (Å²) >= 11 is 0. The van der Waals surface area contributed by atoms with Crippen molar-refractivity contribution >= 4 is 11.8 Å². The molecule has 0 saturated carbocycles. The molecule has 0 bridgehead atoms. The van der Waals surface area contributed by atoms with Crippen molar-refractivity contribution in [2.75, 3.05) is 0 Å². The number of nitrogens with zero attached hydrogens (tertiary/aromatic N) is 2. The molecular weight excluding hydrogens is 188 g/mol. The summed E-state index contributed by atoms with van der Waals surface area (Å²) in [5.41, 5.74) is 3.75. The quantitative estimate of drug-likeness (QED) is 0.467. The molecule has 1 aromatic heterocycles. The molecule has 0 spiro atoms. The second kappa shape index (κ2) is 5.29. The van der Waals surface area contributed by atoms with Gasteiger partial charge in [-0.05, 0) is 49.6 Å². The van der Waals surface area contributed by atoms with Crippen molar-refractivity contribution in [3.63, 3.8) is 0 Å². The molecule has 3 heteroatoms. The molecular formula is C12H16N2O. The molecule has 0 aliphatic rings. The summed E-state index contributed by atoms with van der Waals surface area (Å²) in [6, 6.07) is 3.93. The number of oxime groups is 1. The number of pyridine rings is 1. The Bertz CT molecular complexity index is 394. The van der Waals surface area contributed by atoms with Crippen LogP contribution in [0.2, 0.25) is 0 Å². The fourth-order valence-electron chi connectivity index (χ4n) is 1.42. The Morgan fingerprint density at radius 1 is 1.60 bits per heavy atom. The molecule has 0 fully saturated rings. The fourth-order valence-corrected chi connectivity index (χ4v) is 1.42. The second-order valence-corrected chi connectivity index (χ2v) is 3.46. The van der Waals surface area contributed by atoms with Crippen LogP contribution in [0.15, 0.2) is 29.1 Å². The lowest BCUT2D eigenvalue weighted by molar-refractivity contribution is 0.318. The molecule has 0 aliphatic heterocycles. The molecule has 1 heterocycles. The predicted molar refractivity (Wildman–Crippen MR) is 62.1 cm³/mol. The molecule has 0 aliphatic carbocycles. The predicted octanol–water partition coefficient (Wildman–Crippen LogP) is 3.03. The highest BCUT2D eigenvalue weighted by atomic mass is 16.4. The van der Waals surface area contributed by atoms with Gasteiger partial charge in [-0.3, -0.25) is 4.98 Å². The summed E-state index contributed by atoms with van der Waals surface area (Å²) in [5, 5.41) is 12.0. The van der Waals surface area contributed by atoms with Crippen LogP contribution in [0, 0.1) is 6.92 Å². The summed E-state index contributed by atoms with van der Waals surface area (Å²) in [6.07, 6.45) is 4.49. The molecule has 1 N–H and O–H groups in total. The highest BCUT2D eigenvalue weighted by molar-refractivity contribution is 6.02. The van der Waals surface area contributed by atoms with Gasteiger partial charge in [0.1, 0.15) is 0 Å². The van der Waals surface area contributed by atoms with Gasteiger partial charge in [0.15, 0.2) is 0 Å². The molecule has 1 rings (SSSR count). The minimum atomic E-state index is 0.712. The zero-order valence-corrected chi connectivity index (χ0v) is 9.36. The van der Waals surface area contributed by atoms with Gasteiger partial charge >= 0.3 is 0 Å². The van der Waals surface area contributed by atoms with Crippen LogP contribution in [-0.2, 0) is 0 Å². The lowest BCUT2D eigenvalue weighted by atomic mass is 10.1. The standard InChI is InChI=1S/C12H16N2O/c1-4-12(14-15)9(2)7-11-5-6-13-10(3)8-11/h5-8,15H,4H2,1-3H3. The van der Waals surface area contributed by atoms with Gasteiger partial charge in [0.2, 0.25) is 0 Å². The topological polar surface area (TPSA) is 45.5 Å². The molecule has 0 radical (unpaired) electrons. The summed E-state index contributed by atoms with van der Waals surface area (Å²) < 4.78 is 0. The number of aromatic nitrogens is 1. The first-order chi connectivity index (χ1) is 7.17.